The van der Waals surface area contributed by atoms with Crippen molar-refractivity contribution < 1.29 is 33.3 Å². The van der Waals surface area contributed by atoms with Crippen LogP contribution in [0.1, 0.15) is 11.8 Å². The van der Waals surface area contributed by atoms with Crippen LogP contribution < -0.4 is 5.73 Å². The van der Waals surface area contributed by atoms with E-state index in [1.807, 2.05) is 0 Å². The molecule has 5 atom stereocenters. The van der Waals surface area contributed by atoms with E-state index in [4.69, 9.17) is 19.5 Å². The molecule has 2 aromatic heterocycles. The van der Waals surface area contributed by atoms with E-state index in [1.54, 1.807) is 12.1 Å². The van der Waals surface area contributed by atoms with Gasteiger partial charge in [0.1, 0.15) is 24.6 Å². The average Bonchev–Trinajstić information content (AvgIpc) is 3.30. The number of benzene rings is 1. The van der Waals surface area contributed by atoms with Crippen LogP contribution in [-0.4, -0.2) is 59.4 Å². The molecule has 5 rings (SSSR count). The van der Waals surface area contributed by atoms with Gasteiger partial charge in [0.25, 0.3) is 5.69 Å². The molecular formula is C17H17N6O8PS. The number of nitrogens with zero attached hydrogens (tertiary/aromatic N) is 5. The lowest BCUT2D eigenvalue weighted by Gasteiger charge is -2.27. The third kappa shape index (κ3) is 4.08. The number of aliphatic hydroxyl groups excluding tert-OH is 1. The normalized spacial score (nSPS) is 29.3. The van der Waals surface area contributed by atoms with Gasteiger partial charge in [0.05, 0.1) is 11.5 Å². The minimum absolute atomic E-state index is 0.0408. The lowest BCUT2D eigenvalue weighted by Crippen LogP contribution is -2.39. The van der Waals surface area contributed by atoms with E-state index in [2.05, 4.69) is 15.0 Å². The van der Waals surface area contributed by atoms with Crippen molar-refractivity contribution in [1.29, 1.82) is 0 Å². The maximum Gasteiger partial charge on any atom is 0.472 e. The van der Waals surface area contributed by atoms with Crippen LogP contribution in [0.4, 0.5) is 11.5 Å². The summed E-state index contributed by atoms with van der Waals surface area (Å²) >= 11 is 1.22. The van der Waals surface area contributed by atoms with Crippen LogP contribution in [-0.2, 0) is 24.1 Å². The van der Waals surface area contributed by atoms with Crippen molar-refractivity contribution in [3.05, 3.63) is 46.3 Å². The van der Waals surface area contributed by atoms with Gasteiger partial charge in [-0.1, -0.05) is 23.9 Å². The number of thioether (sulfide) groups is 1. The molecule has 3 aromatic rings. The second kappa shape index (κ2) is 8.29. The maximum absolute atomic E-state index is 11.8. The first-order chi connectivity index (χ1) is 15.7. The van der Waals surface area contributed by atoms with Gasteiger partial charge in [-0.25, -0.2) is 19.5 Å². The standard InChI is InChI=1S/C17H17N6O8PS/c18-14-11-15(20-7-19-14)22(16-12(24)13-10(30-16)5-29-32(27,28)31-13)17(21-11)33-6-8-2-1-3-9(4-8)23(25)26/h1-4,7,10,12-13,16,24H,5-6H2,(H,27,28)(H2,18,19,20). The highest BCUT2D eigenvalue weighted by atomic mass is 32.2. The van der Waals surface area contributed by atoms with E-state index in [9.17, 15) is 24.7 Å². The second-order valence-electron chi connectivity index (χ2n) is 7.30. The molecule has 0 aliphatic carbocycles. The van der Waals surface area contributed by atoms with E-state index in [0.29, 0.717) is 16.5 Å². The molecule has 0 spiro atoms. The molecule has 2 aliphatic rings. The Morgan fingerprint density at radius 1 is 1.39 bits per heavy atom. The molecule has 1 aromatic carbocycles. The molecule has 2 aliphatic heterocycles. The van der Waals surface area contributed by atoms with Crippen molar-refractivity contribution in [2.75, 3.05) is 12.3 Å². The highest BCUT2D eigenvalue weighted by Gasteiger charge is 2.53. The molecule has 14 nitrogen and oxygen atoms in total. The van der Waals surface area contributed by atoms with Crippen LogP contribution in [0, 0.1) is 10.1 Å². The lowest BCUT2D eigenvalue weighted by molar-refractivity contribution is -0.384. The molecule has 16 heteroatoms. The van der Waals surface area contributed by atoms with Gasteiger partial charge >= 0.3 is 7.82 Å². The Morgan fingerprint density at radius 3 is 3.00 bits per heavy atom. The number of fused-ring (bicyclic) bond motifs is 2. The lowest BCUT2D eigenvalue weighted by atomic mass is 10.1. The smallest absolute Gasteiger partial charge is 0.386 e. The van der Waals surface area contributed by atoms with Gasteiger partial charge in [0, 0.05) is 17.9 Å². The minimum Gasteiger partial charge on any atom is -0.386 e. The van der Waals surface area contributed by atoms with Gasteiger partial charge < -0.3 is 20.5 Å². The fourth-order valence-corrected chi connectivity index (χ4v) is 5.62. The number of non-ortho nitro benzene ring substituents is 1. The summed E-state index contributed by atoms with van der Waals surface area (Å²) in [6, 6.07) is 6.17. The number of nitrogen functional groups attached to an aromatic ring is 1. The number of nitro groups is 1. The first-order valence-corrected chi connectivity index (χ1v) is 12.1. The second-order valence-corrected chi connectivity index (χ2v) is 9.65. The highest BCUT2D eigenvalue weighted by molar-refractivity contribution is 7.98. The Hall–Kier alpha value is -2.65. The highest BCUT2D eigenvalue weighted by Crippen LogP contribution is 2.53. The summed E-state index contributed by atoms with van der Waals surface area (Å²) in [5.74, 6) is 0.416. The van der Waals surface area contributed by atoms with Crippen molar-refractivity contribution in [3.63, 3.8) is 0 Å². The van der Waals surface area contributed by atoms with Crippen LogP contribution in [0.5, 0.6) is 0 Å². The van der Waals surface area contributed by atoms with E-state index in [1.165, 1.54) is 34.8 Å². The minimum atomic E-state index is -4.30. The predicted octanol–water partition coefficient (Wildman–Crippen LogP) is 1.38. The van der Waals surface area contributed by atoms with Gasteiger partial charge in [-0.05, 0) is 5.56 Å². The molecule has 2 saturated heterocycles. The fourth-order valence-electron chi connectivity index (χ4n) is 3.69. The molecular weight excluding hydrogens is 479 g/mol. The number of phosphoric ester groups is 1. The zero-order chi connectivity index (χ0) is 23.3. The summed E-state index contributed by atoms with van der Waals surface area (Å²) < 4.78 is 29.0. The molecule has 33 heavy (non-hydrogen) atoms. The molecule has 0 amide bonds. The molecule has 0 saturated carbocycles. The number of nitro benzene ring substituents is 1. The monoisotopic (exact) mass is 496 g/mol. The van der Waals surface area contributed by atoms with Crippen LogP contribution in [0.2, 0.25) is 0 Å². The number of imidazole rings is 1. The first kappa shape index (κ1) is 22.2. The Kier molecular flexibility index (Phi) is 5.56. The number of aliphatic hydroxyl groups is 1. The Morgan fingerprint density at radius 2 is 2.21 bits per heavy atom. The number of nitrogens with two attached hydrogens (primary N) is 1. The van der Waals surface area contributed by atoms with E-state index >= 15 is 0 Å². The summed E-state index contributed by atoms with van der Waals surface area (Å²) in [7, 11) is -4.30. The number of hydrogen-bond acceptors (Lipinski definition) is 12. The molecule has 5 unspecified atom stereocenters. The van der Waals surface area contributed by atoms with Gasteiger partial charge in [-0.2, -0.15) is 0 Å². The Labute approximate surface area is 189 Å². The number of anilines is 1. The fraction of sp³-hybridized carbons (Fsp3) is 0.353. The predicted molar refractivity (Wildman–Crippen MR) is 113 cm³/mol. The van der Waals surface area contributed by atoms with Gasteiger partial charge in [-0.3, -0.25) is 23.7 Å². The van der Waals surface area contributed by atoms with Gasteiger partial charge in [0.15, 0.2) is 28.4 Å². The van der Waals surface area contributed by atoms with E-state index < -0.39 is 37.3 Å². The summed E-state index contributed by atoms with van der Waals surface area (Å²) in [4.78, 5) is 32.9. The van der Waals surface area contributed by atoms with Crippen LogP contribution in [0.3, 0.4) is 0 Å². The quantitative estimate of drug-likeness (QED) is 0.198. The molecule has 4 heterocycles. The van der Waals surface area contributed by atoms with Crippen LogP contribution in [0.15, 0.2) is 35.7 Å². The summed E-state index contributed by atoms with van der Waals surface area (Å²) in [6.45, 7) is -0.244. The van der Waals surface area contributed by atoms with Crippen molar-refractivity contribution >= 4 is 42.3 Å². The first-order valence-electron chi connectivity index (χ1n) is 9.57. The zero-order valence-corrected chi connectivity index (χ0v) is 18.3. The third-order valence-electron chi connectivity index (χ3n) is 5.18. The van der Waals surface area contributed by atoms with Crippen molar-refractivity contribution in [3.8, 4) is 0 Å². The largest absolute Gasteiger partial charge is 0.472 e. The van der Waals surface area contributed by atoms with E-state index in [-0.39, 0.29) is 29.3 Å². The molecule has 0 bridgehead atoms. The number of phosphoric acid groups is 1. The third-order valence-corrected chi connectivity index (χ3v) is 7.19. The van der Waals surface area contributed by atoms with Crippen molar-refractivity contribution in [2.24, 2.45) is 0 Å². The molecule has 174 valence electrons. The van der Waals surface area contributed by atoms with Crippen LogP contribution >= 0.6 is 19.6 Å². The summed E-state index contributed by atoms with van der Waals surface area (Å²) in [5.41, 5.74) is 7.14. The molecule has 4 N–H and O–H groups in total. The summed E-state index contributed by atoms with van der Waals surface area (Å²) in [5, 5.41) is 22.3. The van der Waals surface area contributed by atoms with Crippen molar-refractivity contribution in [1.82, 2.24) is 19.5 Å². The summed E-state index contributed by atoms with van der Waals surface area (Å²) in [6.07, 6.45) is -3.09. The van der Waals surface area contributed by atoms with Gasteiger partial charge in [-0.15, -0.1) is 0 Å². The maximum atomic E-state index is 11.8. The number of ether oxygens (including phenoxy) is 1. The topological polar surface area (TPSA) is 198 Å². The van der Waals surface area contributed by atoms with E-state index in [0.717, 1.165) is 0 Å². The van der Waals surface area contributed by atoms with Crippen molar-refractivity contribution in [2.45, 2.75) is 35.4 Å². The number of rotatable bonds is 5. The number of hydrogen-bond donors (Lipinski definition) is 3. The average molecular weight is 496 g/mol. The molecule has 2 fully saturated rings. The SMILES string of the molecule is Nc1ncnc2c1nc(SCc1cccc([N+](=O)[O-])c1)n2C1OC2COP(=O)(O)OC2C1O. The zero-order valence-electron chi connectivity index (χ0n) is 16.6. The Balaban J connectivity index is 1.50. The Bertz CT molecular complexity index is 1290. The van der Waals surface area contributed by atoms with Gasteiger partial charge in [0.2, 0.25) is 0 Å². The molecule has 0 radical (unpaired) electrons. The number of aromatic nitrogens is 4. The van der Waals surface area contributed by atoms with Crippen LogP contribution in [0.25, 0.3) is 11.2 Å².